The summed E-state index contributed by atoms with van der Waals surface area (Å²) in [7, 11) is 0. The van der Waals surface area contributed by atoms with Crippen LogP contribution in [0.1, 0.15) is 15.9 Å². The van der Waals surface area contributed by atoms with Crippen molar-refractivity contribution in [2.45, 2.75) is 6.18 Å². The highest BCUT2D eigenvalue weighted by Gasteiger charge is 2.35. The molecule has 35 heavy (non-hydrogen) atoms. The summed E-state index contributed by atoms with van der Waals surface area (Å²) in [6.07, 6.45) is -3.04. The first-order valence-corrected chi connectivity index (χ1v) is 10.7. The van der Waals surface area contributed by atoms with Crippen molar-refractivity contribution in [1.29, 1.82) is 5.26 Å². The van der Waals surface area contributed by atoms with E-state index in [1.807, 2.05) is 6.07 Å². The Labute approximate surface area is 199 Å². The number of alkyl halides is 3. The quantitative estimate of drug-likeness (QED) is 0.512. The minimum Gasteiger partial charge on any atom is -0.378 e. The fourth-order valence-corrected chi connectivity index (χ4v) is 3.64. The van der Waals surface area contributed by atoms with E-state index in [0.717, 1.165) is 6.07 Å². The third-order valence-electron chi connectivity index (χ3n) is 5.34. The molecule has 4 rings (SSSR count). The van der Waals surface area contributed by atoms with Crippen molar-refractivity contribution in [3.8, 4) is 17.3 Å². The molecule has 0 aliphatic carbocycles. The van der Waals surface area contributed by atoms with Gasteiger partial charge in [0.1, 0.15) is 6.54 Å². The summed E-state index contributed by atoms with van der Waals surface area (Å²) in [6, 6.07) is 14.1. The van der Waals surface area contributed by atoms with Crippen LogP contribution >= 0.6 is 0 Å². The minimum absolute atomic E-state index is 0.0923. The number of anilines is 3. The van der Waals surface area contributed by atoms with Crippen LogP contribution in [0.15, 0.2) is 54.7 Å². The van der Waals surface area contributed by atoms with Gasteiger partial charge in [-0.25, -0.2) is 9.97 Å². The highest BCUT2D eigenvalue weighted by atomic mass is 19.4. The molecule has 3 aromatic rings. The summed E-state index contributed by atoms with van der Waals surface area (Å²) in [5, 5.41) is 13.9. The summed E-state index contributed by atoms with van der Waals surface area (Å²) in [5.41, 5.74) is 1.16. The van der Waals surface area contributed by atoms with Gasteiger partial charge in [0.05, 0.1) is 30.5 Å². The lowest BCUT2D eigenvalue weighted by Gasteiger charge is -2.31. The number of morpholine rings is 1. The van der Waals surface area contributed by atoms with Gasteiger partial charge in [-0.05, 0) is 36.4 Å². The van der Waals surface area contributed by atoms with Crippen molar-refractivity contribution >= 4 is 23.2 Å². The van der Waals surface area contributed by atoms with Crippen LogP contribution in [0.3, 0.4) is 0 Å². The molecule has 0 bridgehead atoms. The molecule has 1 saturated heterocycles. The Bertz CT molecular complexity index is 1240. The van der Waals surface area contributed by atoms with E-state index in [1.54, 1.807) is 41.3 Å². The van der Waals surface area contributed by atoms with Crippen molar-refractivity contribution in [1.82, 2.24) is 15.3 Å². The lowest BCUT2D eigenvalue weighted by Crippen LogP contribution is -2.37. The van der Waals surface area contributed by atoms with Gasteiger partial charge in [0.15, 0.2) is 0 Å². The molecule has 0 radical (unpaired) electrons. The van der Waals surface area contributed by atoms with E-state index in [9.17, 15) is 18.0 Å². The standard InChI is InChI=1S/C24H21F3N6O2/c25-24(26,27)19-15-18(5-6-21(19)33-11-13-35-14-12-33)31-23-30-9-7-20(32-23)16-1-3-17(4-2-16)22(34)29-10-8-28/h1-7,9,15H,10-14H2,(H,29,34)(H,30,31,32). The molecule has 1 amide bonds. The lowest BCUT2D eigenvalue weighted by atomic mass is 10.1. The molecule has 1 fully saturated rings. The Balaban J connectivity index is 1.54. The topological polar surface area (TPSA) is 103 Å². The largest absolute Gasteiger partial charge is 0.418 e. The number of nitrogens with one attached hydrogen (secondary N) is 2. The van der Waals surface area contributed by atoms with Gasteiger partial charge in [0.25, 0.3) is 5.91 Å². The number of nitrogens with zero attached hydrogens (tertiary/aromatic N) is 4. The third-order valence-corrected chi connectivity index (χ3v) is 5.34. The first kappa shape index (κ1) is 24.0. The van der Waals surface area contributed by atoms with Crippen molar-refractivity contribution in [3.63, 3.8) is 0 Å². The zero-order valence-electron chi connectivity index (χ0n) is 18.5. The molecule has 11 heteroatoms. The van der Waals surface area contributed by atoms with Crippen LogP contribution in [0, 0.1) is 11.3 Å². The molecule has 0 spiro atoms. The number of carbonyl (C=O) groups excluding carboxylic acids is 1. The SMILES string of the molecule is N#CCNC(=O)c1ccc(-c2ccnc(Nc3ccc(N4CCOCC4)c(C(F)(F)F)c3)n2)cc1. The fourth-order valence-electron chi connectivity index (χ4n) is 3.64. The molecule has 8 nitrogen and oxygen atoms in total. The second kappa shape index (κ2) is 10.4. The fraction of sp³-hybridized carbons (Fsp3) is 0.250. The van der Waals surface area contributed by atoms with Crippen molar-refractivity contribution in [2.24, 2.45) is 0 Å². The molecular formula is C24H21F3N6O2. The summed E-state index contributed by atoms with van der Waals surface area (Å²) >= 11 is 0. The zero-order valence-corrected chi connectivity index (χ0v) is 18.5. The Kier molecular flexibility index (Phi) is 7.12. The first-order chi connectivity index (χ1) is 16.8. The van der Waals surface area contributed by atoms with Gasteiger partial charge in [-0.2, -0.15) is 18.4 Å². The number of nitriles is 1. The molecule has 1 aliphatic heterocycles. The highest BCUT2D eigenvalue weighted by molar-refractivity contribution is 5.94. The van der Waals surface area contributed by atoms with E-state index in [0.29, 0.717) is 43.1 Å². The number of benzene rings is 2. The predicted molar refractivity (Wildman–Crippen MR) is 123 cm³/mol. The molecule has 180 valence electrons. The molecule has 0 saturated carbocycles. The number of carbonyl (C=O) groups is 1. The second-order valence-corrected chi connectivity index (χ2v) is 7.64. The maximum atomic E-state index is 13.8. The van der Waals surface area contributed by atoms with Gasteiger partial charge < -0.3 is 20.3 Å². The number of halogens is 3. The monoisotopic (exact) mass is 482 g/mol. The van der Waals surface area contributed by atoms with Gasteiger partial charge >= 0.3 is 6.18 Å². The van der Waals surface area contributed by atoms with Crippen LogP contribution in [-0.4, -0.2) is 48.7 Å². The van der Waals surface area contributed by atoms with E-state index >= 15 is 0 Å². The highest BCUT2D eigenvalue weighted by Crippen LogP contribution is 2.39. The molecule has 0 unspecified atom stereocenters. The van der Waals surface area contributed by atoms with E-state index in [4.69, 9.17) is 10.00 Å². The molecule has 1 aliphatic rings. The summed E-state index contributed by atoms with van der Waals surface area (Å²) < 4.78 is 46.7. The van der Waals surface area contributed by atoms with Crippen molar-refractivity contribution in [2.75, 3.05) is 43.1 Å². The van der Waals surface area contributed by atoms with Crippen LogP contribution in [0.2, 0.25) is 0 Å². The van der Waals surface area contributed by atoms with Crippen LogP contribution in [0.25, 0.3) is 11.3 Å². The number of rotatable bonds is 6. The maximum absolute atomic E-state index is 13.8. The second-order valence-electron chi connectivity index (χ2n) is 7.64. The first-order valence-electron chi connectivity index (χ1n) is 10.7. The average molecular weight is 482 g/mol. The van der Waals surface area contributed by atoms with E-state index < -0.39 is 11.7 Å². The van der Waals surface area contributed by atoms with Crippen LogP contribution in [0.4, 0.5) is 30.5 Å². The lowest BCUT2D eigenvalue weighted by molar-refractivity contribution is -0.137. The summed E-state index contributed by atoms with van der Waals surface area (Å²) in [6.45, 7) is 1.44. The van der Waals surface area contributed by atoms with E-state index in [1.165, 1.54) is 12.3 Å². The Morgan fingerprint density at radius 2 is 1.86 bits per heavy atom. The van der Waals surface area contributed by atoms with Crippen LogP contribution < -0.4 is 15.5 Å². The Hall–Kier alpha value is -4.17. The number of hydrogen-bond donors (Lipinski definition) is 2. The Morgan fingerprint density at radius 3 is 2.54 bits per heavy atom. The van der Waals surface area contributed by atoms with E-state index in [-0.39, 0.29) is 29.8 Å². The van der Waals surface area contributed by atoms with Crippen LogP contribution in [0.5, 0.6) is 0 Å². The number of ether oxygens (including phenoxy) is 1. The smallest absolute Gasteiger partial charge is 0.378 e. The molecule has 2 heterocycles. The average Bonchev–Trinajstić information content (AvgIpc) is 2.87. The normalized spacial score (nSPS) is 13.7. The summed E-state index contributed by atoms with van der Waals surface area (Å²) in [4.78, 5) is 22.1. The van der Waals surface area contributed by atoms with Crippen LogP contribution in [-0.2, 0) is 10.9 Å². The number of aromatic nitrogens is 2. The van der Waals surface area contributed by atoms with Gasteiger partial charge in [-0.15, -0.1) is 0 Å². The third kappa shape index (κ3) is 5.85. The maximum Gasteiger partial charge on any atom is 0.418 e. The summed E-state index contributed by atoms with van der Waals surface area (Å²) in [5.74, 6) is -0.241. The van der Waals surface area contributed by atoms with Crippen molar-refractivity contribution < 1.29 is 22.7 Å². The number of hydrogen-bond acceptors (Lipinski definition) is 7. The molecular weight excluding hydrogens is 461 g/mol. The minimum atomic E-state index is -4.53. The van der Waals surface area contributed by atoms with Gasteiger partial charge in [-0.1, -0.05) is 12.1 Å². The molecule has 2 N–H and O–H groups in total. The Morgan fingerprint density at radius 1 is 1.11 bits per heavy atom. The van der Waals surface area contributed by atoms with Gasteiger partial charge in [-0.3, -0.25) is 4.79 Å². The molecule has 0 atom stereocenters. The molecule has 2 aromatic carbocycles. The molecule has 1 aromatic heterocycles. The van der Waals surface area contributed by atoms with E-state index in [2.05, 4.69) is 20.6 Å². The predicted octanol–water partition coefficient (Wildman–Crippen LogP) is 4.00. The van der Waals surface area contributed by atoms with Crippen molar-refractivity contribution in [3.05, 3.63) is 65.9 Å². The number of amides is 1. The van der Waals surface area contributed by atoms with Gasteiger partial charge in [0, 0.05) is 41.8 Å². The van der Waals surface area contributed by atoms with Gasteiger partial charge in [0.2, 0.25) is 5.95 Å². The zero-order chi connectivity index (χ0) is 24.8.